The van der Waals surface area contributed by atoms with Crippen molar-refractivity contribution in [2.75, 3.05) is 19.0 Å². The fourth-order valence-corrected chi connectivity index (χ4v) is 3.65. The Balaban J connectivity index is 1.66. The third kappa shape index (κ3) is 3.80. The van der Waals surface area contributed by atoms with Crippen LogP contribution in [0.2, 0.25) is 0 Å². The molecule has 0 saturated carbocycles. The van der Waals surface area contributed by atoms with Gasteiger partial charge in [-0.2, -0.15) is 4.98 Å². The summed E-state index contributed by atoms with van der Waals surface area (Å²) < 4.78 is 31.4. The first-order chi connectivity index (χ1) is 14.5. The number of halogens is 1. The highest BCUT2D eigenvalue weighted by atomic mass is 32.1. The number of hydrogen-bond donors (Lipinski definition) is 2. The first-order valence-electron chi connectivity index (χ1n) is 9.46. The maximum atomic E-state index is 15.4. The van der Waals surface area contributed by atoms with E-state index in [1.807, 2.05) is 24.3 Å². The fraction of sp³-hybridized carbons (Fsp3) is 0.286. The summed E-state index contributed by atoms with van der Waals surface area (Å²) in [6.07, 6.45) is 1.30. The van der Waals surface area contributed by atoms with Gasteiger partial charge in [0.2, 0.25) is 11.7 Å². The number of ether oxygens (including phenoxy) is 2. The highest BCUT2D eigenvalue weighted by Gasteiger charge is 2.28. The summed E-state index contributed by atoms with van der Waals surface area (Å²) in [5, 5.41) is 7.11. The number of nitrogens with two attached hydrogens (primary N) is 1. The van der Waals surface area contributed by atoms with Crippen LogP contribution >= 0.6 is 12.2 Å². The van der Waals surface area contributed by atoms with Gasteiger partial charge in [-0.05, 0) is 43.2 Å². The Hall–Kier alpha value is -3.20. The van der Waals surface area contributed by atoms with E-state index in [0.717, 1.165) is 12.0 Å². The van der Waals surface area contributed by atoms with Crippen molar-refractivity contribution in [1.82, 2.24) is 10.1 Å². The van der Waals surface area contributed by atoms with Crippen LogP contribution in [0.15, 0.2) is 34.9 Å². The van der Waals surface area contributed by atoms with E-state index in [0.29, 0.717) is 53.1 Å². The van der Waals surface area contributed by atoms with Gasteiger partial charge in [0.05, 0.1) is 13.7 Å². The van der Waals surface area contributed by atoms with Crippen LogP contribution in [-0.4, -0.2) is 28.8 Å². The fourth-order valence-electron chi connectivity index (χ4n) is 3.46. The van der Waals surface area contributed by atoms with Crippen LogP contribution in [0.5, 0.6) is 11.5 Å². The van der Waals surface area contributed by atoms with Gasteiger partial charge in [-0.1, -0.05) is 17.4 Å². The standard InChI is InChI=1S/C21H21FN4O3S/c1-11-24-21(26-29-11)12-5-7-13(8-6-12)25-18(20(23)30)15-10-16(27-2)19-14(17(15)22)4-3-9-28-19/h5-8,10,18,25H,3-4,9H2,1-2H3,(H2,23,30). The molecule has 0 fully saturated rings. The minimum absolute atomic E-state index is 0.116. The van der Waals surface area contributed by atoms with E-state index >= 15 is 4.39 Å². The summed E-state index contributed by atoms with van der Waals surface area (Å²) in [5.74, 6) is 1.52. The van der Waals surface area contributed by atoms with Gasteiger partial charge >= 0.3 is 0 Å². The Kier molecular flexibility index (Phi) is 5.54. The molecular formula is C21H21FN4O3S. The topological polar surface area (TPSA) is 95.4 Å². The summed E-state index contributed by atoms with van der Waals surface area (Å²) in [4.78, 5) is 4.32. The number of fused-ring (bicyclic) bond motifs is 1. The molecule has 0 radical (unpaired) electrons. The summed E-state index contributed by atoms with van der Waals surface area (Å²) in [7, 11) is 1.52. The zero-order valence-corrected chi connectivity index (χ0v) is 17.4. The summed E-state index contributed by atoms with van der Waals surface area (Å²) in [5.41, 5.74) is 8.29. The third-order valence-electron chi connectivity index (χ3n) is 4.92. The molecule has 2 heterocycles. The van der Waals surface area contributed by atoms with Crippen LogP contribution < -0.4 is 20.5 Å². The largest absolute Gasteiger partial charge is 0.493 e. The van der Waals surface area contributed by atoms with Crippen LogP contribution in [0, 0.1) is 12.7 Å². The lowest BCUT2D eigenvalue weighted by Crippen LogP contribution is -2.28. The Morgan fingerprint density at radius 2 is 2.10 bits per heavy atom. The van der Waals surface area contributed by atoms with Gasteiger partial charge in [-0.25, -0.2) is 4.39 Å². The molecule has 9 heteroatoms. The summed E-state index contributed by atoms with van der Waals surface area (Å²) in [6, 6.07) is 8.18. The number of rotatable bonds is 6. The maximum absolute atomic E-state index is 15.4. The minimum atomic E-state index is -0.723. The lowest BCUT2D eigenvalue weighted by atomic mass is 9.97. The number of nitrogens with zero attached hydrogens (tertiary/aromatic N) is 2. The second-order valence-corrected chi connectivity index (χ2v) is 7.41. The molecule has 30 heavy (non-hydrogen) atoms. The molecule has 7 nitrogen and oxygen atoms in total. The Morgan fingerprint density at radius 1 is 1.33 bits per heavy atom. The zero-order valence-electron chi connectivity index (χ0n) is 16.6. The average Bonchev–Trinajstić information content (AvgIpc) is 3.19. The van der Waals surface area contributed by atoms with E-state index in [2.05, 4.69) is 15.5 Å². The van der Waals surface area contributed by atoms with Gasteiger partial charge < -0.3 is 25.0 Å². The van der Waals surface area contributed by atoms with Crippen molar-refractivity contribution in [3.05, 3.63) is 53.2 Å². The number of aromatic nitrogens is 2. The summed E-state index contributed by atoms with van der Waals surface area (Å²) >= 11 is 5.24. The van der Waals surface area contributed by atoms with Crippen molar-refractivity contribution in [3.63, 3.8) is 0 Å². The van der Waals surface area contributed by atoms with Crippen molar-refractivity contribution in [3.8, 4) is 22.9 Å². The van der Waals surface area contributed by atoms with E-state index < -0.39 is 6.04 Å². The monoisotopic (exact) mass is 428 g/mol. The number of anilines is 1. The predicted octanol–water partition coefficient (Wildman–Crippen LogP) is 3.96. The van der Waals surface area contributed by atoms with Crippen molar-refractivity contribution in [2.45, 2.75) is 25.8 Å². The zero-order chi connectivity index (χ0) is 21.3. The smallest absolute Gasteiger partial charge is 0.223 e. The second kappa shape index (κ2) is 8.27. The first kappa shape index (κ1) is 20.1. The molecule has 0 saturated heterocycles. The number of nitrogens with one attached hydrogen (secondary N) is 1. The highest BCUT2D eigenvalue weighted by Crippen LogP contribution is 2.40. The van der Waals surface area contributed by atoms with Gasteiger partial charge in [0.1, 0.15) is 16.8 Å². The molecule has 0 amide bonds. The van der Waals surface area contributed by atoms with Crippen molar-refractivity contribution < 1.29 is 18.4 Å². The highest BCUT2D eigenvalue weighted by molar-refractivity contribution is 7.80. The Labute approximate surface area is 178 Å². The van der Waals surface area contributed by atoms with Gasteiger partial charge in [-0.3, -0.25) is 0 Å². The maximum Gasteiger partial charge on any atom is 0.223 e. The number of hydrogen-bond acceptors (Lipinski definition) is 7. The number of methoxy groups -OCH3 is 1. The van der Waals surface area contributed by atoms with Crippen LogP contribution in [0.3, 0.4) is 0 Å². The van der Waals surface area contributed by atoms with Gasteiger partial charge in [-0.15, -0.1) is 0 Å². The molecule has 0 spiro atoms. The van der Waals surface area contributed by atoms with E-state index in [1.165, 1.54) is 7.11 Å². The van der Waals surface area contributed by atoms with Crippen LogP contribution in [0.25, 0.3) is 11.4 Å². The lowest BCUT2D eigenvalue weighted by molar-refractivity contribution is 0.264. The minimum Gasteiger partial charge on any atom is -0.493 e. The molecule has 0 aliphatic carbocycles. The average molecular weight is 428 g/mol. The Bertz CT molecular complexity index is 1080. The van der Waals surface area contributed by atoms with Crippen molar-refractivity contribution >= 4 is 22.9 Å². The SMILES string of the molecule is COc1cc(C(Nc2ccc(-c3noc(C)n3)cc2)C(N)=S)c(F)c2c1OCCC2. The van der Waals surface area contributed by atoms with E-state index in [9.17, 15) is 0 Å². The van der Waals surface area contributed by atoms with Crippen LogP contribution in [0.4, 0.5) is 10.1 Å². The molecular weight excluding hydrogens is 407 g/mol. The van der Waals surface area contributed by atoms with Crippen LogP contribution in [0.1, 0.15) is 29.5 Å². The molecule has 1 aliphatic rings. The number of aryl methyl sites for hydroxylation is 1. The molecule has 3 N–H and O–H groups in total. The molecule has 4 rings (SSSR count). The lowest BCUT2D eigenvalue weighted by Gasteiger charge is -2.25. The van der Waals surface area contributed by atoms with Crippen LogP contribution in [-0.2, 0) is 6.42 Å². The molecule has 1 atom stereocenters. The van der Waals surface area contributed by atoms with Gasteiger partial charge in [0.25, 0.3) is 0 Å². The molecule has 0 bridgehead atoms. The third-order valence-corrected chi connectivity index (χ3v) is 5.15. The molecule has 1 aliphatic heterocycles. The van der Waals surface area contributed by atoms with E-state index in [4.69, 9.17) is 31.9 Å². The van der Waals surface area contributed by atoms with E-state index in [-0.39, 0.29) is 10.8 Å². The predicted molar refractivity (Wildman–Crippen MR) is 114 cm³/mol. The van der Waals surface area contributed by atoms with E-state index in [1.54, 1.807) is 13.0 Å². The molecule has 2 aromatic carbocycles. The molecule has 1 unspecified atom stereocenters. The number of benzene rings is 2. The molecule has 1 aromatic heterocycles. The van der Waals surface area contributed by atoms with Gasteiger partial charge in [0, 0.05) is 29.3 Å². The quantitative estimate of drug-likeness (QED) is 0.570. The van der Waals surface area contributed by atoms with Crippen molar-refractivity contribution in [1.29, 1.82) is 0 Å². The number of thiocarbonyl (C=S) groups is 1. The molecule has 156 valence electrons. The van der Waals surface area contributed by atoms with Gasteiger partial charge in [0.15, 0.2) is 11.5 Å². The molecule has 3 aromatic rings. The summed E-state index contributed by atoms with van der Waals surface area (Å²) in [6.45, 7) is 2.26. The second-order valence-electron chi connectivity index (χ2n) is 6.94. The van der Waals surface area contributed by atoms with Crippen molar-refractivity contribution in [2.24, 2.45) is 5.73 Å². The first-order valence-corrected chi connectivity index (χ1v) is 9.87. The normalized spacial score (nSPS) is 13.8. The Morgan fingerprint density at radius 3 is 2.73 bits per heavy atom.